The fourth-order valence-electron chi connectivity index (χ4n) is 2.27. The van der Waals surface area contributed by atoms with Crippen LogP contribution < -0.4 is 10.5 Å². The summed E-state index contributed by atoms with van der Waals surface area (Å²) in [6.07, 6.45) is -0.826. The van der Waals surface area contributed by atoms with Crippen molar-refractivity contribution in [2.24, 2.45) is 5.73 Å². The molecule has 1 heterocycles. The van der Waals surface area contributed by atoms with Crippen molar-refractivity contribution in [1.29, 1.82) is 0 Å². The predicted molar refractivity (Wildman–Crippen MR) is 87.9 cm³/mol. The Balaban J connectivity index is 2.15. The monoisotopic (exact) mass is 310 g/mol. The van der Waals surface area contributed by atoms with Gasteiger partial charge < -0.3 is 10.5 Å². The molecule has 1 aromatic heterocycles. The number of nitrogens with two attached hydrogens (primary N) is 1. The van der Waals surface area contributed by atoms with Crippen LogP contribution in [0.3, 0.4) is 0 Å². The van der Waals surface area contributed by atoms with Crippen LogP contribution >= 0.6 is 11.3 Å². The fourth-order valence-corrected chi connectivity index (χ4v) is 2.88. The van der Waals surface area contributed by atoms with E-state index in [1.807, 2.05) is 48.7 Å². The molecule has 3 rings (SSSR count). The number of rotatable bonds is 3. The van der Waals surface area contributed by atoms with Crippen molar-refractivity contribution in [1.82, 2.24) is 4.98 Å². The number of carbonyl (C=O) groups excluding carboxylic acids is 1. The van der Waals surface area contributed by atoms with Crippen LogP contribution in [0.1, 0.15) is 5.01 Å². The SMILES string of the molecule is Cc1nc(-c2cc(OC(N)=O)ccc2-c2ccccc2)cs1. The third-order valence-electron chi connectivity index (χ3n) is 3.19. The zero-order chi connectivity index (χ0) is 15.5. The van der Waals surface area contributed by atoms with Gasteiger partial charge in [-0.1, -0.05) is 30.3 Å². The lowest BCUT2D eigenvalue weighted by atomic mass is 9.98. The molecule has 5 heteroatoms. The summed E-state index contributed by atoms with van der Waals surface area (Å²) < 4.78 is 4.99. The molecule has 110 valence electrons. The van der Waals surface area contributed by atoms with Crippen LogP contribution in [-0.2, 0) is 0 Å². The molecule has 0 spiro atoms. The Kier molecular flexibility index (Phi) is 3.89. The molecule has 0 fully saturated rings. The average molecular weight is 310 g/mol. The smallest absolute Gasteiger partial charge is 0.409 e. The summed E-state index contributed by atoms with van der Waals surface area (Å²) in [6, 6.07) is 15.5. The van der Waals surface area contributed by atoms with Crippen LogP contribution in [0.4, 0.5) is 4.79 Å². The number of nitrogens with zero attached hydrogens (tertiary/aromatic N) is 1. The van der Waals surface area contributed by atoms with E-state index in [-0.39, 0.29) is 0 Å². The number of hydrogen-bond donors (Lipinski definition) is 1. The maximum Gasteiger partial charge on any atom is 0.409 e. The van der Waals surface area contributed by atoms with Crippen LogP contribution in [0.25, 0.3) is 22.4 Å². The van der Waals surface area contributed by atoms with E-state index < -0.39 is 6.09 Å². The minimum absolute atomic E-state index is 0.410. The standard InChI is InChI=1S/C17H14N2O2S/c1-11-19-16(10-22-11)15-9-13(21-17(18)20)7-8-14(15)12-5-3-2-4-6-12/h2-10H,1H3,(H2,18,20). The second-order valence-corrected chi connectivity index (χ2v) is 5.81. The molecular weight excluding hydrogens is 296 g/mol. The van der Waals surface area contributed by atoms with Crippen molar-refractivity contribution >= 4 is 17.4 Å². The van der Waals surface area contributed by atoms with Crippen molar-refractivity contribution in [3.8, 4) is 28.1 Å². The van der Waals surface area contributed by atoms with Gasteiger partial charge in [0, 0.05) is 10.9 Å². The minimum Gasteiger partial charge on any atom is -0.410 e. The van der Waals surface area contributed by atoms with E-state index in [4.69, 9.17) is 10.5 Å². The van der Waals surface area contributed by atoms with Gasteiger partial charge in [0.15, 0.2) is 0 Å². The van der Waals surface area contributed by atoms with Crippen molar-refractivity contribution in [2.75, 3.05) is 0 Å². The summed E-state index contributed by atoms with van der Waals surface area (Å²) in [7, 11) is 0. The third kappa shape index (κ3) is 2.99. The lowest BCUT2D eigenvalue weighted by molar-refractivity contribution is 0.211. The Morgan fingerprint density at radius 3 is 2.55 bits per heavy atom. The Morgan fingerprint density at radius 2 is 1.91 bits per heavy atom. The van der Waals surface area contributed by atoms with Gasteiger partial charge in [-0.2, -0.15) is 0 Å². The summed E-state index contributed by atoms with van der Waals surface area (Å²) >= 11 is 1.58. The van der Waals surface area contributed by atoms with Gasteiger partial charge in [0.2, 0.25) is 0 Å². The minimum atomic E-state index is -0.826. The first-order valence-corrected chi connectivity index (χ1v) is 7.61. The Morgan fingerprint density at radius 1 is 1.14 bits per heavy atom. The first kappa shape index (κ1) is 14.3. The number of hydrogen-bond acceptors (Lipinski definition) is 4. The van der Waals surface area contributed by atoms with Crippen LogP contribution in [-0.4, -0.2) is 11.1 Å². The molecule has 22 heavy (non-hydrogen) atoms. The Bertz CT molecular complexity index is 813. The summed E-state index contributed by atoms with van der Waals surface area (Å²) in [5.74, 6) is 0.410. The van der Waals surface area contributed by atoms with Gasteiger partial charge in [-0.05, 0) is 36.2 Å². The highest BCUT2D eigenvalue weighted by molar-refractivity contribution is 7.09. The fraction of sp³-hybridized carbons (Fsp3) is 0.0588. The van der Waals surface area contributed by atoms with Crippen molar-refractivity contribution in [3.05, 3.63) is 58.9 Å². The highest BCUT2D eigenvalue weighted by Gasteiger charge is 2.12. The molecule has 0 unspecified atom stereocenters. The number of primary amides is 1. The van der Waals surface area contributed by atoms with Crippen molar-refractivity contribution in [3.63, 3.8) is 0 Å². The zero-order valence-corrected chi connectivity index (χ0v) is 12.8. The van der Waals surface area contributed by atoms with Gasteiger partial charge in [-0.25, -0.2) is 9.78 Å². The molecule has 0 atom stereocenters. The van der Waals surface area contributed by atoms with E-state index in [1.165, 1.54) is 0 Å². The van der Waals surface area contributed by atoms with Crippen LogP contribution in [0.5, 0.6) is 5.75 Å². The lowest BCUT2D eigenvalue weighted by Gasteiger charge is -2.10. The number of amides is 1. The van der Waals surface area contributed by atoms with Crippen LogP contribution in [0.2, 0.25) is 0 Å². The van der Waals surface area contributed by atoms with Crippen LogP contribution in [0, 0.1) is 6.92 Å². The van der Waals surface area contributed by atoms with Crippen molar-refractivity contribution in [2.45, 2.75) is 6.92 Å². The second-order valence-electron chi connectivity index (χ2n) is 4.75. The Labute approximate surface area is 132 Å². The van der Waals surface area contributed by atoms with E-state index in [0.29, 0.717) is 5.75 Å². The maximum absolute atomic E-state index is 11.0. The van der Waals surface area contributed by atoms with E-state index in [0.717, 1.165) is 27.4 Å². The molecule has 4 nitrogen and oxygen atoms in total. The molecule has 3 aromatic rings. The molecule has 2 aromatic carbocycles. The van der Waals surface area contributed by atoms with E-state index >= 15 is 0 Å². The zero-order valence-electron chi connectivity index (χ0n) is 11.9. The molecule has 0 aliphatic heterocycles. The molecule has 0 saturated carbocycles. The predicted octanol–water partition coefficient (Wildman–Crippen LogP) is 4.24. The number of thiazole rings is 1. The first-order chi connectivity index (χ1) is 10.6. The van der Waals surface area contributed by atoms with Gasteiger partial charge in [-0.3, -0.25) is 0 Å². The molecule has 0 radical (unpaired) electrons. The molecule has 1 amide bonds. The number of aryl methyl sites for hydroxylation is 1. The van der Waals surface area contributed by atoms with E-state index in [9.17, 15) is 4.79 Å². The molecule has 0 saturated heterocycles. The summed E-state index contributed by atoms with van der Waals surface area (Å²) in [4.78, 5) is 15.5. The number of carbonyl (C=O) groups is 1. The quantitative estimate of drug-likeness (QED) is 0.786. The third-order valence-corrected chi connectivity index (χ3v) is 3.96. The number of benzene rings is 2. The average Bonchev–Trinajstić information content (AvgIpc) is 2.94. The second kappa shape index (κ2) is 5.99. The van der Waals surface area contributed by atoms with Gasteiger partial charge in [0.05, 0.1) is 10.7 Å². The summed E-state index contributed by atoms with van der Waals surface area (Å²) in [5.41, 5.74) is 8.97. The summed E-state index contributed by atoms with van der Waals surface area (Å²) in [6.45, 7) is 1.96. The highest BCUT2D eigenvalue weighted by atomic mass is 32.1. The number of ether oxygens (including phenoxy) is 1. The van der Waals surface area contributed by atoms with E-state index in [1.54, 1.807) is 23.5 Å². The maximum atomic E-state index is 11.0. The van der Waals surface area contributed by atoms with Gasteiger partial charge >= 0.3 is 6.09 Å². The van der Waals surface area contributed by atoms with Gasteiger partial charge in [0.1, 0.15) is 5.75 Å². The lowest BCUT2D eigenvalue weighted by Crippen LogP contribution is -2.16. The van der Waals surface area contributed by atoms with Crippen LogP contribution in [0.15, 0.2) is 53.9 Å². The largest absolute Gasteiger partial charge is 0.410 e. The van der Waals surface area contributed by atoms with Gasteiger partial charge in [-0.15, -0.1) is 11.3 Å². The van der Waals surface area contributed by atoms with E-state index in [2.05, 4.69) is 4.98 Å². The summed E-state index contributed by atoms with van der Waals surface area (Å²) in [5, 5.41) is 2.97. The number of aromatic nitrogens is 1. The highest BCUT2D eigenvalue weighted by Crippen LogP contribution is 2.35. The molecule has 0 aliphatic rings. The molecule has 0 aliphatic carbocycles. The first-order valence-electron chi connectivity index (χ1n) is 6.73. The molecular formula is C17H14N2O2S. The van der Waals surface area contributed by atoms with Gasteiger partial charge in [0.25, 0.3) is 0 Å². The molecule has 0 bridgehead atoms. The van der Waals surface area contributed by atoms with Crippen molar-refractivity contribution < 1.29 is 9.53 Å². The topological polar surface area (TPSA) is 65.2 Å². The Hall–Kier alpha value is -2.66. The normalized spacial score (nSPS) is 10.4. The molecule has 2 N–H and O–H groups in total.